The average molecular weight is 769 g/mol. The number of anilines is 3. The van der Waals surface area contributed by atoms with E-state index >= 15 is 0 Å². The highest BCUT2D eigenvalue weighted by Crippen LogP contribution is 2.30. The molecule has 1 unspecified atom stereocenters. The first kappa shape index (κ1) is 36.5. The predicted molar refractivity (Wildman–Crippen MR) is 198 cm³/mol. The second kappa shape index (κ2) is 15.3. The molecule has 18 nitrogen and oxygen atoms in total. The van der Waals surface area contributed by atoms with E-state index in [-0.39, 0.29) is 47.8 Å². The third-order valence-electron chi connectivity index (χ3n) is 9.51. The third kappa shape index (κ3) is 7.52. The minimum absolute atomic E-state index is 0.0160. The lowest BCUT2D eigenvalue weighted by Gasteiger charge is -2.38. The highest BCUT2D eigenvalue weighted by molar-refractivity contribution is 6.41. The lowest BCUT2D eigenvalue weighted by molar-refractivity contribution is -0.149. The van der Waals surface area contributed by atoms with Crippen LogP contribution in [0.5, 0.6) is 0 Å². The fourth-order valence-electron chi connectivity index (χ4n) is 6.83. The van der Waals surface area contributed by atoms with Gasteiger partial charge in [-0.15, -0.1) is 5.10 Å². The van der Waals surface area contributed by atoms with Gasteiger partial charge in [-0.25, -0.2) is 19.0 Å². The van der Waals surface area contributed by atoms with Gasteiger partial charge < -0.3 is 35.5 Å². The lowest BCUT2D eigenvalue weighted by atomic mass is 10.0. The van der Waals surface area contributed by atoms with E-state index in [9.17, 15) is 39.0 Å². The SMILES string of the molecule is O=C(O)c1cc2cc(NC(=O)C(Cc3ccc(NC(=O)N4CCCCC4)cc3)N3CCN(c4cc(Cl)ccc4-n4cnnn4)C(=O)C3=O)ccc2n1C(=O)O. The van der Waals surface area contributed by atoms with E-state index in [1.807, 2.05) is 0 Å². The van der Waals surface area contributed by atoms with Crippen LogP contribution in [0.1, 0.15) is 35.3 Å². The van der Waals surface area contributed by atoms with Crippen molar-refractivity contribution in [2.45, 2.75) is 31.7 Å². The molecule has 7 rings (SSSR count). The summed E-state index contributed by atoms with van der Waals surface area (Å²) < 4.78 is 1.95. The van der Waals surface area contributed by atoms with Crippen LogP contribution in [-0.2, 0) is 20.8 Å². The second-order valence-electron chi connectivity index (χ2n) is 13.0. The number of piperazine rings is 1. The monoisotopic (exact) mass is 768 g/mol. The van der Waals surface area contributed by atoms with Crippen molar-refractivity contribution < 1.29 is 39.0 Å². The quantitative estimate of drug-likeness (QED) is 0.157. The van der Waals surface area contributed by atoms with Crippen LogP contribution in [0.25, 0.3) is 16.6 Å². The molecule has 2 aromatic heterocycles. The molecule has 0 saturated carbocycles. The number of fused-ring (bicyclic) bond motifs is 1. The van der Waals surface area contributed by atoms with Crippen LogP contribution < -0.4 is 15.5 Å². The van der Waals surface area contributed by atoms with E-state index in [0.717, 1.165) is 19.3 Å². The summed E-state index contributed by atoms with van der Waals surface area (Å²) in [7, 11) is 0. The molecule has 5 aromatic rings. The van der Waals surface area contributed by atoms with E-state index < -0.39 is 41.5 Å². The summed E-state index contributed by atoms with van der Waals surface area (Å²) in [6.45, 7) is 1.28. The Balaban J connectivity index is 1.16. The van der Waals surface area contributed by atoms with Crippen molar-refractivity contribution in [2.24, 2.45) is 0 Å². The number of urea groups is 1. The highest BCUT2D eigenvalue weighted by Gasteiger charge is 2.41. The Morgan fingerprint density at radius 1 is 0.800 bits per heavy atom. The number of hydrogen-bond donors (Lipinski definition) is 4. The molecule has 5 amide bonds. The number of carbonyl (C=O) groups is 6. The normalized spacial score (nSPS) is 15.3. The van der Waals surface area contributed by atoms with Crippen molar-refractivity contribution in [1.29, 1.82) is 0 Å². The van der Waals surface area contributed by atoms with Gasteiger partial charge in [0, 0.05) is 54.4 Å². The average Bonchev–Trinajstić information content (AvgIpc) is 3.85. The topological polar surface area (TPSA) is 225 Å². The summed E-state index contributed by atoms with van der Waals surface area (Å²) in [5.41, 5.74) is 1.64. The molecule has 2 aliphatic heterocycles. The molecule has 19 heteroatoms. The van der Waals surface area contributed by atoms with Crippen molar-refractivity contribution in [2.75, 3.05) is 41.7 Å². The van der Waals surface area contributed by atoms with Crippen LogP contribution in [0.3, 0.4) is 0 Å². The number of aromatic carboxylic acids is 1. The fourth-order valence-corrected chi connectivity index (χ4v) is 6.99. The number of likely N-dealkylation sites (tertiary alicyclic amines) is 1. The Hall–Kier alpha value is -6.82. The number of amides is 5. The molecule has 3 aromatic carbocycles. The molecule has 1 atom stereocenters. The maximum absolute atomic E-state index is 14.2. The number of carbonyl (C=O) groups excluding carboxylic acids is 4. The van der Waals surface area contributed by atoms with Gasteiger partial charge in [0.15, 0.2) is 0 Å². The van der Waals surface area contributed by atoms with Gasteiger partial charge in [-0.2, -0.15) is 4.68 Å². The molecule has 0 aliphatic carbocycles. The molecule has 282 valence electrons. The van der Waals surface area contributed by atoms with Crippen LogP contribution in [0.4, 0.5) is 26.7 Å². The molecule has 2 saturated heterocycles. The van der Waals surface area contributed by atoms with Gasteiger partial charge in [0.05, 0.1) is 16.9 Å². The van der Waals surface area contributed by atoms with Crippen LogP contribution in [-0.4, -0.2) is 113 Å². The summed E-state index contributed by atoms with van der Waals surface area (Å²) in [4.78, 5) is 82.5. The van der Waals surface area contributed by atoms with Crippen LogP contribution in [0, 0.1) is 0 Å². The van der Waals surface area contributed by atoms with Crippen LogP contribution in [0.2, 0.25) is 5.02 Å². The Bertz CT molecular complexity index is 2320. The summed E-state index contributed by atoms with van der Waals surface area (Å²) >= 11 is 6.29. The fraction of sp³-hybridized carbons (Fsp3) is 0.250. The minimum atomic E-state index is -1.49. The van der Waals surface area contributed by atoms with E-state index in [1.54, 1.807) is 41.3 Å². The number of carboxylic acid groups (broad SMARTS) is 2. The zero-order valence-electron chi connectivity index (χ0n) is 29.0. The predicted octanol–water partition coefficient (Wildman–Crippen LogP) is 3.94. The minimum Gasteiger partial charge on any atom is -0.477 e. The number of nitrogens with zero attached hydrogens (tertiary/aromatic N) is 8. The van der Waals surface area contributed by atoms with Crippen molar-refractivity contribution in [3.05, 3.63) is 89.3 Å². The Morgan fingerprint density at radius 3 is 2.24 bits per heavy atom. The van der Waals surface area contributed by atoms with E-state index in [2.05, 4.69) is 26.2 Å². The molecule has 0 bridgehead atoms. The lowest BCUT2D eigenvalue weighted by Crippen LogP contribution is -2.60. The molecule has 4 N–H and O–H groups in total. The number of aromatic nitrogens is 5. The van der Waals surface area contributed by atoms with Gasteiger partial charge in [0.1, 0.15) is 18.1 Å². The first-order valence-electron chi connectivity index (χ1n) is 17.2. The second-order valence-corrected chi connectivity index (χ2v) is 13.4. The zero-order valence-corrected chi connectivity index (χ0v) is 29.7. The summed E-state index contributed by atoms with van der Waals surface area (Å²) in [5.74, 6) is -4.00. The number of halogens is 1. The van der Waals surface area contributed by atoms with Gasteiger partial charge in [0.2, 0.25) is 5.91 Å². The first-order chi connectivity index (χ1) is 26.5. The van der Waals surface area contributed by atoms with Crippen LogP contribution in [0.15, 0.2) is 73.1 Å². The summed E-state index contributed by atoms with van der Waals surface area (Å²) in [6.07, 6.45) is 2.77. The smallest absolute Gasteiger partial charge is 0.416 e. The van der Waals surface area contributed by atoms with Gasteiger partial charge in [0.25, 0.3) is 0 Å². The number of piperidine rings is 1. The Kier molecular flexibility index (Phi) is 10.1. The largest absolute Gasteiger partial charge is 0.477 e. The first-order valence-corrected chi connectivity index (χ1v) is 17.6. The highest BCUT2D eigenvalue weighted by atomic mass is 35.5. The van der Waals surface area contributed by atoms with E-state index in [1.165, 1.54) is 51.1 Å². The Morgan fingerprint density at radius 2 is 1.55 bits per heavy atom. The van der Waals surface area contributed by atoms with Gasteiger partial charge in [-0.05, 0) is 89.8 Å². The maximum atomic E-state index is 14.2. The number of hydrogen-bond acceptors (Lipinski definition) is 9. The zero-order chi connectivity index (χ0) is 38.8. The van der Waals surface area contributed by atoms with Gasteiger partial charge in [-0.3, -0.25) is 14.4 Å². The number of tetrazole rings is 1. The molecule has 4 heterocycles. The van der Waals surface area contributed by atoms with Crippen molar-refractivity contribution in [3.63, 3.8) is 0 Å². The van der Waals surface area contributed by atoms with Crippen molar-refractivity contribution in [3.8, 4) is 5.69 Å². The molecule has 55 heavy (non-hydrogen) atoms. The van der Waals surface area contributed by atoms with Gasteiger partial charge >= 0.3 is 29.9 Å². The molecule has 0 radical (unpaired) electrons. The van der Waals surface area contributed by atoms with Gasteiger partial charge in [-0.1, -0.05) is 23.7 Å². The summed E-state index contributed by atoms with van der Waals surface area (Å²) in [5, 5.41) is 36.6. The van der Waals surface area contributed by atoms with E-state index in [0.29, 0.717) is 39.6 Å². The number of rotatable bonds is 9. The Labute approximate surface area is 316 Å². The van der Waals surface area contributed by atoms with Crippen LogP contribution >= 0.6 is 11.6 Å². The molecular formula is C36H33ClN10O8. The third-order valence-corrected chi connectivity index (χ3v) is 9.75. The number of nitrogens with one attached hydrogen (secondary N) is 2. The molecular weight excluding hydrogens is 736 g/mol. The standard InChI is InChI=1S/C36H33ClN10O8/c37-23-6-10-27(46-20-38-41-42-46)28(19-23)44-14-15-45(33(50)32(44)49)29(16-21-4-7-24(8-5-21)40-35(53)43-12-2-1-3-13-43)31(48)39-25-9-11-26-22(17-25)18-30(34(51)52)47(26)36(54)55/h4-11,17-20,29H,1-3,12-16H2,(H,39,48)(H,40,53)(H,51,52)(H,54,55). The molecule has 2 fully saturated rings. The number of benzene rings is 3. The molecule has 0 spiro atoms. The van der Waals surface area contributed by atoms with Crippen molar-refractivity contribution >= 4 is 75.4 Å². The number of carboxylic acids is 1. The molecule has 2 aliphatic rings. The summed E-state index contributed by atoms with van der Waals surface area (Å²) in [6, 6.07) is 15.5. The van der Waals surface area contributed by atoms with Crippen molar-refractivity contribution in [1.82, 2.24) is 34.6 Å². The van der Waals surface area contributed by atoms with E-state index in [4.69, 9.17) is 11.6 Å². The maximum Gasteiger partial charge on any atom is 0.416 e.